The summed E-state index contributed by atoms with van der Waals surface area (Å²) in [7, 11) is 1.31. The van der Waals surface area contributed by atoms with Gasteiger partial charge in [-0.3, -0.25) is 0 Å². The third kappa shape index (κ3) is 5.13. The Kier molecular flexibility index (Phi) is 6.86. The summed E-state index contributed by atoms with van der Waals surface area (Å²) >= 11 is 5.95. The zero-order chi connectivity index (χ0) is 19.1. The Morgan fingerprint density at radius 2 is 1.85 bits per heavy atom. The van der Waals surface area contributed by atoms with Crippen molar-refractivity contribution in [1.82, 2.24) is 0 Å². The predicted molar refractivity (Wildman–Crippen MR) is 99.2 cm³/mol. The normalized spacial score (nSPS) is 11.4. The zero-order valence-corrected chi connectivity index (χ0v) is 15.5. The number of hydrogen-bond acceptors (Lipinski definition) is 6. The van der Waals surface area contributed by atoms with E-state index in [9.17, 15) is 9.59 Å². The maximum atomic E-state index is 11.9. The van der Waals surface area contributed by atoms with E-state index in [2.05, 4.69) is 5.32 Å². The van der Waals surface area contributed by atoms with Crippen LogP contribution in [0.3, 0.4) is 0 Å². The highest BCUT2D eigenvalue weighted by molar-refractivity contribution is 6.31. The Morgan fingerprint density at radius 1 is 1.15 bits per heavy atom. The summed E-state index contributed by atoms with van der Waals surface area (Å²) in [5.74, 6) is -0.378. The van der Waals surface area contributed by atoms with Crippen LogP contribution in [0.25, 0.3) is 0 Å². The quantitative estimate of drug-likeness (QED) is 0.729. The molecule has 2 rings (SSSR count). The van der Waals surface area contributed by atoms with Crippen LogP contribution in [0.2, 0.25) is 5.02 Å². The molecule has 7 heteroatoms. The number of anilines is 2. The lowest BCUT2D eigenvalue weighted by atomic mass is 10.1. The molecule has 2 aromatic rings. The molecule has 0 aliphatic rings. The molecule has 0 amide bonds. The smallest absolute Gasteiger partial charge is 0.347 e. The molecule has 1 atom stereocenters. The maximum absolute atomic E-state index is 11.9. The first kappa shape index (κ1) is 19.6. The number of methoxy groups -OCH3 is 1. The van der Waals surface area contributed by atoms with Crippen molar-refractivity contribution in [3.05, 3.63) is 53.1 Å². The molecule has 26 heavy (non-hydrogen) atoms. The Hall–Kier alpha value is -2.73. The zero-order valence-electron chi connectivity index (χ0n) is 14.7. The molecule has 6 nitrogen and oxygen atoms in total. The number of nitrogens with one attached hydrogen (secondary N) is 1. The highest BCUT2D eigenvalue weighted by Gasteiger charge is 2.16. The molecule has 1 unspecified atom stereocenters. The van der Waals surface area contributed by atoms with Crippen molar-refractivity contribution < 1.29 is 23.8 Å². The van der Waals surface area contributed by atoms with E-state index in [1.165, 1.54) is 13.2 Å². The van der Waals surface area contributed by atoms with Crippen molar-refractivity contribution >= 4 is 34.9 Å². The second kappa shape index (κ2) is 9.10. The van der Waals surface area contributed by atoms with Crippen LogP contribution in [0.5, 0.6) is 5.75 Å². The first-order valence-electron chi connectivity index (χ1n) is 8.02. The minimum Gasteiger partial charge on any atom is -0.479 e. The number of hydrogen-bond donors (Lipinski definition) is 1. The first-order chi connectivity index (χ1) is 12.4. The van der Waals surface area contributed by atoms with Gasteiger partial charge in [-0.2, -0.15) is 0 Å². The van der Waals surface area contributed by atoms with Crippen LogP contribution in [-0.2, 0) is 14.3 Å². The molecule has 2 aromatic carbocycles. The molecule has 0 saturated carbocycles. The van der Waals surface area contributed by atoms with E-state index in [1.807, 2.05) is 0 Å². The fourth-order valence-electron chi connectivity index (χ4n) is 2.19. The van der Waals surface area contributed by atoms with E-state index in [0.29, 0.717) is 28.6 Å². The van der Waals surface area contributed by atoms with Crippen molar-refractivity contribution in [1.29, 1.82) is 0 Å². The molecule has 0 radical (unpaired) electrons. The number of rotatable bonds is 7. The minimum absolute atomic E-state index is 0.305. The minimum atomic E-state index is -0.698. The van der Waals surface area contributed by atoms with Gasteiger partial charge >= 0.3 is 11.9 Å². The molecular formula is C19H20ClNO5. The van der Waals surface area contributed by atoms with E-state index in [4.69, 9.17) is 25.8 Å². The van der Waals surface area contributed by atoms with Crippen LogP contribution in [0.15, 0.2) is 42.5 Å². The van der Waals surface area contributed by atoms with Crippen molar-refractivity contribution in [2.24, 2.45) is 0 Å². The third-order valence-electron chi connectivity index (χ3n) is 3.45. The molecule has 138 valence electrons. The standard InChI is InChI=1S/C19H20ClNO5/c1-4-25-18(22)12(2)26-15-8-6-14(7-9-15)21-17-10-5-13(20)11-16(17)19(23)24-3/h5-12,21H,4H2,1-3H3. The van der Waals surface area contributed by atoms with Crippen LogP contribution in [-0.4, -0.2) is 31.8 Å². The van der Waals surface area contributed by atoms with Gasteiger partial charge in [0, 0.05) is 10.7 Å². The van der Waals surface area contributed by atoms with E-state index in [1.54, 1.807) is 50.2 Å². The van der Waals surface area contributed by atoms with Crippen LogP contribution in [0.4, 0.5) is 11.4 Å². The van der Waals surface area contributed by atoms with E-state index >= 15 is 0 Å². The van der Waals surface area contributed by atoms with Gasteiger partial charge in [-0.25, -0.2) is 9.59 Å². The Morgan fingerprint density at radius 3 is 2.46 bits per heavy atom. The monoisotopic (exact) mass is 377 g/mol. The molecule has 0 aliphatic heterocycles. The molecule has 0 saturated heterocycles. The van der Waals surface area contributed by atoms with Crippen LogP contribution in [0, 0.1) is 0 Å². The third-order valence-corrected chi connectivity index (χ3v) is 3.69. The van der Waals surface area contributed by atoms with Crippen LogP contribution >= 0.6 is 11.6 Å². The summed E-state index contributed by atoms with van der Waals surface area (Å²) in [6.45, 7) is 3.67. The maximum Gasteiger partial charge on any atom is 0.347 e. The van der Waals surface area contributed by atoms with Crippen molar-refractivity contribution in [2.45, 2.75) is 20.0 Å². The van der Waals surface area contributed by atoms with Gasteiger partial charge in [-0.05, 0) is 56.3 Å². The fourth-order valence-corrected chi connectivity index (χ4v) is 2.36. The summed E-state index contributed by atoms with van der Waals surface area (Å²) in [4.78, 5) is 23.5. The summed E-state index contributed by atoms with van der Waals surface area (Å²) in [6.07, 6.45) is -0.698. The molecule has 1 N–H and O–H groups in total. The van der Waals surface area contributed by atoms with E-state index in [0.717, 1.165) is 5.69 Å². The lowest BCUT2D eigenvalue weighted by Crippen LogP contribution is -2.26. The number of ether oxygens (including phenoxy) is 3. The van der Waals surface area contributed by atoms with Crippen molar-refractivity contribution in [3.8, 4) is 5.75 Å². The highest BCUT2D eigenvalue weighted by atomic mass is 35.5. The summed E-state index contributed by atoms with van der Waals surface area (Å²) < 4.78 is 15.2. The van der Waals surface area contributed by atoms with Crippen LogP contribution in [0.1, 0.15) is 24.2 Å². The summed E-state index contributed by atoms with van der Waals surface area (Å²) in [5.41, 5.74) is 1.62. The summed E-state index contributed by atoms with van der Waals surface area (Å²) in [6, 6.07) is 11.9. The second-order valence-electron chi connectivity index (χ2n) is 5.34. The lowest BCUT2D eigenvalue weighted by molar-refractivity contribution is -0.150. The van der Waals surface area contributed by atoms with Crippen molar-refractivity contribution in [2.75, 3.05) is 19.0 Å². The SMILES string of the molecule is CCOC(=O)C(C)Oc1ccc(Nc2ccc(Cl)cc2C(=O)OC)cc1. The first-order valence-corrected chi connectivity index (χ1v) is 8.40. The molecule has 0 heterocycles. The van der Waals surface area contributed by atoms with Crippen LogP contribution < -0.4 is 10.1 Å². The number of carbonyl (C=O) groups is 2. The van der Waals surface area contributed by atoms with Gasteiger partial charge in [0.15, 0.2) is 6.10 Å². The second-order valence-corrected chi connectivity index (χ2v) is 5.78. The van der Waals surface area contributed by atoms with Gasteiger partial charge < -0.3 is 19.5 Å². The molecule has 0 spiro atoms. The van der Waals surface area contributed by atoms with Gasteiger partial charge in [-0.15, -0.1) is 0 Å². The molecule has 0 aromatic heterocycles. The van der Waals surface area contributed by atoms with Gasteiger partial charge in [0.05, 0.1) is 25.0 Å². The Bertz CT molecular complexity index is 776. The fraction of sp³-hybridized carbons (Fsp3) is 0.263. The number of esters is 2. The number of carbonyl (C=O) groups excluding carboxylic acids is 2. The molecule has 0 bridgehead atoms. The van der Waals surface area contributed by atoms with E-state index in [-0.39, 0.29) is 0 Å². The number of halogens is 1. The van der Waals surface area contributed by atoms with Gasteiger partial charge in [0.25, 0.3) is 0 Å². The van der Waals surface area contributed by atoms with Crippen molar-refractivity contribution in [3.63, 3.8) is 0 Å². The number of benzene rings is 2. The van der Waals surface area contributed by atoms with E-state index < -0.39 is 18.0 Å². The lowest BCUT2D eigenvalue weighted by Gasteiger charge is -2.14. The molecular weight excluding hydrogens is 358 g/mol. The summed E-state index contributed by atoms with van der Waals surface area (Å²) in [5, 5.41) is 3.57. The van der Waals surface area contributed by atoms with Gasteiger partial charge in [0.1, 0.15) is 5.75 Å². The Labute approximate surface area is 157 Å². The highest BCUT2D eigenvalue weighted by Crippen LogP contribution is 2.26. The Balaban J connectivity index is 2.10. The molecule has 0 fully saturated rings. The van der Waals surface area contributed by atoms with Gasteiger partial charge in [0.2, 0.25) is 0 Å². The predicted octanol–water partition coefficient (Wildman–Crippen LogP) is 4.20. The molecule has 0 aliphatic carbocycles. The largest absolute Gasteiger partial charge is 0.479 e. The average Bonchev–Trinajstić information content (AvgIpc) is 2.64. The average molecular weight is 378 g/mol. The van der Waals surface area contributed by atoms with Gasteiger partial charge in [-0.1, -0.05) is 11.6 Å². The topological polar surface area (TPSA) is 73.9 Å².